The number of hydrogen-bond donors (Lipinski definition) is 0. The SMILES string of the molecule is [C-]#[N+]c1cc(F)c(C#Cc2cc(CC#N)c(C#Cc3cc(F)c(C#N)cc3F)cc2CC#N)cc1F. The number of rotatable bonds is 2. The van der Waals surface area contributed by atoms with Crippen molar-refractivity contribution in [3.8, 4) is 41.9 Å². The Balaban J connectivity index is 2.12. The molecule has 4 nitrogen and oxygen atoms in total. The monoisotopic (exact) mass is 478 g/mol. The molecule has 0 spiro atoms. The molecule has 0 N–H and O–H groups in total. The number of hydrogen-bond acceptors (Lipinski definition) is 3. The Labute approximate surface area is 204 Å². The molecule has 0 fully saturated rings. The summed E-state index contributed by atoms with van der Waals surface area (Å²) in [5.41, 5.74) is -0.315. The Bertz CT molecular complexity index is 1560. The lowest BCUT2D eigenvalue weighted by Gasteiger charge is -2.07. The van der Waals surface area contributed by atoms with Gasteiger partial charge in [-0.25, -0.2) is 22.4 Å². The maximum absolute atomic E-state index is 14.2. The van der Waals surface area contributed by atoms with Gasteiger partial charge in [0.05, 0.1) is 48.2 Å². The highest BCUT2D eigenvalue weighted by Crippen LogP contribution is 2.23. The molecule has 0 bridgehead atoms. The molecule has 3 aromatic carbocycles. The Hall–Kier alpha value is -5.54. The maximum Gasteiger partial charge on any atom is 0.225 e. The normalized spacial score (nSPS) is 9.33. The number of nitrogens with zero attached hydrogens (tertiary/aromatic N) is 4. The van der Waals surface area contributed by atoms with Gasteiger partial charge in [-0.15, -0.1) is 0 Å². The van der Waals surface area contributed by atoms with Crippen molar-refractivity contribution in [2.45, 2.75) is 12.8 Å². The Morgan fingerprint density at radius 2 is 1.00 bits per heavy atom. The highest BCUT2D eigenvalue weighted by atomic mass is 19.1. The van der Waals surface area contributed by atoms with Gasteiger partial charge in [0.1, 0.15) is 29.3 Å². The molecule has 0 saturated carbocycles. The second-order valence-electron chi connectivity index (χ2n) is 7.16. The molecule has 0 atom stereocenters. The molecule has 3 rings (SSSR count). The molecular formula is C28H10F4N4. The van der Waals surface area contributed by atoms with E-state index in [1.54, 1.807) is 0 Å². The van der Waals surface area contributed by atoms with Gasteiger partial charge in [0.15, 0.2) is 0 Å². The van der Waals surface area contributed by atoms with Gasteiger partial charge in [0.2, 0.25) is 5.69 Å². The van der Waals surface area contributed by atoms with Crippen LogP contribution in [0.2, 0.25) is 0 Å². The molecule has 0 heterocycles. The van der Waals surface area contributed by atoms with Crippen LogP contribution in [0.15, 0.2) is 36.4 Å². The number of nitriles is 3. The van der Waals surface area contributed by atoms with Crippen molar-refractivity contribution in [2.75, 3.05) is 0 Å². The lowest BCUT2D eigenvalue weighted by molar-refractivity contribution is 0.594. The standard InChI is InChI=1S/C28H10F4N4/c1-36-28-15-26(31)22(13-27(28)32)5-3-18-11-19(6-8-33)17(10-20(18)7-9-34)2-4-21-12-25(30)23(16-35)14-24(21)29/h10-15H,6-7H2. The van der Waals surface area contributed by atoms with E-state index in [9.17, 15) is 28.1 Å². The highest BCUT2D eigenvalue weighted by molar-refractivity contribution is 5.58. The highest BCUT2D eigenvalue weighted by Gasteiger charge is 2.11. The van der Waals surface area contributed by atoms with Crippen molar-refractivity contribution in [1.82, 2.24) is 0 Å². The molecule has 36 heavy (non-hydrogen) atoms. The van der Waals surface area contributed by atoms with E-state index >= 15 is 0 Å². The molecule has 0 amide bonds. The van der Waals surface area contributed by atoms with Gasteiger partial charge < -0.3 is 0 Å². The summed E-state index contributed by atoms with van der Waals surface area (Å²) in [5, 5.41) is 27.2. The molecule has 3 aromatic rings. The van der Waals surface area contributed by atoms with Crippen molar-refractivity contribution >= 4 is 5.69 Å². The molecule has 170 valence electrons. The molecule has 0 aromatic heterocycles. The summed E-state index contributed by atoms with van der Waals surface area (Å²) < 4.78 is 56.2. The van der Waals surface area contributed by atoms with Crippen LogP contribution >= 0.6 is 0 Å². The zero-order valence-corrected chi connectivity index (χ0v) is 18.2. The van der Waals surface area contributed by atoms with Crippen molar-refractivity contribution in [3.05, 3.63) is 110 Å². The second-order valence-corrected chi connectivity index (χ2v) is 7.16. The van der Waals surface area contributed by atoms with E-state index in [2.05, 4.69) is 28.5 Å². The lowest BCUT2D eigenvalue weighted by Crippen LogP contribution is -1.98. The largest absolute Gasteiger partial charge is 0.235 e. The summed E-state index contributed by atoms with van der Waals surface area (Å²) in [6.07, 6.45) is -0.280. The molecule has 0 unspecified atom stereocenters. The Morgan fingerprint density at radius 1 is 0.583 bits per heavy atom. The van der Waals surface area contributed by atoms with Crippen LogP contribution in [0.5, 0.6) is 0 Å². The molecule has 0 saturated heterocycles. The van der Waals surface area contributed by atoms with Gasteiger partial charge in [-0.05, 0) is 47.5 Å². The topological polar surface area (TPSA) is 75.7 Å². The quantitative estimate of drug-likeness (QED) is 0.274. The first-order chi connectivity index (χ1) is 17.3. The first-order valence-corrected chi connectivity index (χ1v) is 10.0. The average Bonchev–Trinajstić information content (AvgIpc) is 2.86. The molecule has 0 aliphatic heterocycles. The van der Waals surface area contributed by atoms with Crippen LogP contribution in [0.3, 0.4) is 0 Å². The van der Waals surface area contributed by atoms with Gasteiger partial charge in [-0.1, -0.05) is 23.7 Å². The first kappa shape index (κ1) is 25.1. The Morgan fingerprint density at radius 3 is 1.47 bits per heavy atom. The lowest BCUT2D eigenvalue weighted by atomic mass is 9.95. The van der Waals surface area contributed by atoms with Crippen LogP contribution < -0.4 is 0 Å². The second kappa shape index (κ2) is 11.1. The number of halogens is 4. The van der Waals surface area contributed by atoms with Crippen molar-refractivity contribution in [3.63, 3.8) is 0 Å². The van der Waals surface area contributed by atoms with E-state index in [4.69, 9.17) is 11.8 Å². The van der Waals surface area contributed by atoms with Crippen molar-refractivity contribution in [2.24, 2.45) is 0 Å². The van der Waals surface area contributed by atoms with Gasteiger partial charge in [-0.2, -0.15) is 15.8 Å². The summed E-state index contributed by atoms with van der Waals surface area (Å²) in [7, 11) is 0. The van der Waals surface area contributed by atoms with Crippen LogP contribution in [0, 0.1) is 87.5 Å². The molecule has 8 heteroatoms. The van der Waals surface area contributed by atoms with Crippen LogP contribution in [0.25, 0.3) is 4.85 Å². The van der Waals surface area contributed by atoms with Crippen molar-refractivity contribution in [1.29, 1.82) is 15.8 Å². The zero-order chi connectivity index (χ0) is 26.2. The van der Waals surface area contributed by atoms with E-state index in [-0.39, 0.29) is 35.1 Å². The fourth-order valence-corrected chi connectivity index (χ4v) is 3.10. The predicted molar refractivity (Wildman–Crippen MR) is 121 cm³/mol. The fraction of sp³-hybridized carbons (Fsp3) is 0.0714. The minimum atomic E-state index is -0.940. The van der Waals surface area contributed by atoms with Crippen LogP contribution in [-0.4, -0.2) is 0 Å². The average molecular weight is 478 g/mol. The third-order valence-electron chi connectivity index (χ3n) is 4.87. The third kappa shape index (κ3) is 5.50. The smallest absolute Gasteiger partial charge is 0.225 e. The summed E-state index contributed by atoms with van der Waals surface area (Å²) >= 11 is 0. The summed E-state index contributed by atoms with van der Waals surface area (Å²) in [5.74, 6) is 6.61. The van der Waals surface area contributed by atoms with Crippen molar-refractivity contribution < 1.29 is 17.6 Å². The molecule has 0 aliphatic rings. The zero-order valence-electron chi connectivity index (χ0n) is 18.2. The first-order valence-electron chi connectivity index (χ1n) is 10.0. The van der Waals surface area contributed by atoms with Gasteiger partial charge in [0, 0.05) is 11.1 Å². The van der Waals surface area contributed by atoms with Gasteiger partial charge in [-0.3, -0.25) is 0 Å². The van der Waals surface area contributed by atoms with Crippen LogP contribution in [-0.2, 0) is 12.8 Å². The van der Waals surface area contributed by atoms with Crippen LogP contribution in [0.1, 0.15) is 38.9 Å². The Kier molecular flexibility index (Phi) is 7.70. The van der Waals surface area contributed by atoms with Crippen LogP contribution in [0.4, 0.5) is 23.2 Å². The molecule has 0 radical (unpaired) electrons. The summed E-state index contributed by atoms with van der Waals surface area (Å²) in [6.45, 7) is 6.84. The predicted octanol–water partition coefficient (Wildman–Crippen LogP) is 5.60. The number of benzene rings is 3. The minimum Gasteiger partial charge on any atom is -0.235 e. The summed E-state index contributed by atoms with van der Waals surface area (Å²) in [6, 6.07) is 11.4. The minimum absolute atomic E-state index is 0.140. The molecular weight excluding hydrogens is 468 g/mol. The van der Waals surface area contributed by atoms with E-state index in [0.29, 0.717) is 11.1 Å². The van der Waals surface area contributed by atoms with E-state index in [0.717, 1.165) is 24.3 Å². The van der Waals surface area contributed by atoms with E-state index < -0.39 is 34.5 Å². The molecule has 0 aliphatic carbocycles. The maximum atomic E-state index is 14.2. The summed E-state index contributed by atoms with van der Waals surface area (Å²) in [4.78, 5) is 2.88. The third-order valence-corrected chi connectivity index (χ3v) is 4.87. The fourth-order valence-electron chi connectivity index (χ4n) is 3.10. The van der Waals surface area contributed by atoms with Gasteiger partial charge in [0.25, 0.3) is 0 Å². The van der Waals surface area contributed by atoms with E-state index in [1.165, 1.54) is 18.2 Å². The van der Waals surface area contributed by atoms with Gasteiger partial charge >= 0.3 is 0 Å². The van der Waals surface area contributed by atoms with E-state index in [1.807, 2.05) is 12.1 Å².